The third-order valence-corrected chi connectivity index (χ3v) is 8.16. The molecule has 3 aromatic rings. The first-order valence-electron chi connectivity index (χ1n) is 13.4. The maximum atomic E-state index is 10.0. The summed E-state index contributed by atoms with van der Waals surface area (Å²) in [6, 6.07) is 9.23. The van der Waals surface area contributed by atoms with Crippen LogP contribution in [-0.2, 0) is 6.54 Å². The number of aliphatic hydroxyl groups excluding tert-OH is 2. The fourth-order valence-corrected chi connectivity index (χ4v) is 5.59. The molecule has 3 fully saturated rings. The van der Waals surface area contributed by atoms with Crippen LogP contribution in [0.5, 0.6) is 0 Å². The van der Waals surface area contributed by atoms with Gasteiger partial charge in [0, 0.05) is 63.1 Å². The van der Waals surface area contributed by atoms with Crippen LogP contribution in [-0.4, -0.2) is 91.7 Å². The highest BCUT2D eigenvalue weighted by Crippen LogP contribution is 2.36. The van der Waals surface area contributed by atoms with Gasteiger partial charge in [-0.3, -0.25) is 4.90 Å². The Balaban J connectivity index is 1.28. The number of hydrogen-bond acceptors (Lipinski definition) is 8. The van der Waals surface area contributed by atoms with Gasteiger partial charge in [-0.15, -0.1) is 0 Å². The second-order valence-corrected chi connectivity index (χ2v) is 10.9. The predicted molar refractivity (Wildman–Crippen MR) is 140 cm³/mol. The van der Waals surface area contributed by atoms with Gasteiger partial charge in [-0.2, -0.15) is 10.1 Å². The Morgan fingerprint density at radius 1 is 1.03 bits per heavy atom. The molecule has 0 spiro atoms. The highest BCUT2D eigenvalue weighted by Gasteiger charge is 2.37. The van der Waals surface area contributed by atoms with E-state index < -0.39 is 0 Å². The topological polar surface area (TPSA) is 103 Å². The maximum absolute atomic E-state index is 10.0. The number of nitrogens with one attached hydrogen (secondary N) is 1. The average molecular weight is 492 g/mol. The quantitative estimate of drug-likeness (QED) is 0.463. The number of hydrogen-bond donors (Lipinski definition) is 3. The Kier molecular flexibility index (Phi) is 6.64. The van der Waals surface area contributed by atoms with Gasteiger partial charge in [0.15, 0.2) is 5.65 Å². The molecule has 0 radical (unpaired) electrons. The first-order valence-corrected chi connectivity index (χ1v) is 13.4. The van der Waals surface area contributed by atoms with Gasteiger partial charge in [0.1, 0.15) is 5.69 Å². The lowest BCUT2D eigenvalue weighted by atomic mass is 9.93. The molecule has 192 valence electrons. The summed E-state index contributed by atoms with van der Waals surface area (Å²) < 4.78 is 2.07. The van der Waals surface area contributed by atoms with Gasteiger partial charge in [0.05, 0.1) is 17.5 Å². The fourth-order valence-electron chi connectivity index (χ4n) is 5.59. The summed E-state index contributed by atoms with van der Waals surface area (Å²) in [6.45, 7) is 5.63. The monoisotopic (exact) mass is 491 g/mol. The van der Waals surface area contributed by atoms with Gasteiger partial charge in [-0.1, -0.05) is 24.3 Å². The Morgan fingerprint density at radius 3 is 2.47 bits per heavy atom. The van der Waals surface area contributed by atoms with Crippen LogP contribution < -0.4 is 5.32 Å². The number of rotatable bonds is 7. The number of nitrogens with zero attached hydrogens (tertiary/aromatic N) is 6. The molecular formula is C27H37N7O2. The molecule has 0 amide bonds. The first-order chi connectivity index (χ1) is 17.6. The molecule has 6 rings (SSSR count). The molecule has 1 aromatic carbocycles. The lowest BCUT2D eigenvalue weighted by molar-refractivity contribution is 0.109. The molecule has 2 unspecified atom stereocenters. The van der Waals surface area contributed by atoms with Crippen molar-refractivity contribution in [2.24, 2.45) is 5.92 Å². The van der Waals surface area contributed by atoms with E-state index in [2.05, 4.69) is 56.1 Å². The summed E-state index contributed by atoms with van der Waals surface area (Å²) in [4.78, 5) is 14.4. The Bertz CT molecular complexity index is 1180. The molecular weight excluding hydrogens is 454 g/mol. The smallest absolute Gasteiger partial charge is 0.224 e. The van der Waals surface area contributed by atoms with Crippen LogP contribution in [0.1, 0.15) is 43.7 Å². The molecule has 1 aliphatic heterocycles. The first kappa shape index (κ1) is 23.8. The molecule has 2 aliphatic carbocycles. The van der Waals surface area contributed by atoms with E-state index in [-0.39, 0.29) is 30.7 Å². The zero-order chi connectivity index (χ0) is 24.6. The molecule has 3 N–H and O–H groups in total. The normalized spacial score (nSPS) is 27.4. The van der Waals surface area contributed by atoms with Crippen molar-refractivity contribution in [1.82, 2.24) is 29.5 Å². The van der Waals surface area contributed by atoms with Gasteiger partial charge >= 0.3 is 0 Å². The van der Waals surface area contributed by atoms with Gasteiger partial charge in [0.25, 0.3) is 0 Å². The van der Waals surface area contributed by atoms with E-state index >= 15 is 0 Å². The highest BCUT2D eigenvalue weighted by molar-refractivity contribution is 5.91. The number of aliphatic hydroxyl groups is 2. The minimum absolute atomic E-state index is 0.192. The van der Waals surface area contributed by atoms with Crippen molar-refractivity contribution in [2.45, 2.75) is 56.8 Å². The van der Waals surface area contributed by atoms with Crippen molar-refractivity contribution < 1.29 is 10.2 Å². The van der Waals surface area contributed by atoms with Crippen LogP contribution in [0.4, 0.5) is 5.95 Å². The third kappa shape index (κ3) is 4.98. The van der Waals surface area contributed by atoms with E-state index in [9.17, 15) is 10.2 Å². The molecule has 9 nitrogen and oxygen atoms in total. The fraction of sp³-hybridized carbons (Fsp3) is 0.593. The van der Waals surface area contributed by atoms with Crippen LogP contribution in [0.15, 0.2) is 30.5 Å². The van der Waals surface area contributed by atoms with Crippen molar-refractivity contribution >= 4 is 17.0 Å². The number of piperazine rings is 1. The number of benzene rings is 1. The lowest BCUT2D eigenvalue weighted by Crippen LogP contribution is -2.43. The van der Waals surface area contributed by atoms with Crippen LogP contribution in [0, 0.1) is 5.92 Å². The van der Waals surface area contributed by atoms with Gasteiger partial charge in [-0.25, -0.2) is 9.67 Å². The lowest BCUT2D eigenvalue weighted by Gasteiger charge is -2.32. The number of aromatic nitrogens is 4. The maximum Gasteiger partial charge on any atom is 0.224 e. The Hall–Kier alpha value is -2.59. The number of anilines is 1. The van der Waals surface area contributed by atoms with E-state index in [0.717, 1.165) is 87.1 Å². The van der Waals surface area contributed by atoms with Crippen molar-refractivity contribution in [3.63, 3.8) is 0 Å². The largest absolute Gasteiger partial charge is 0.396 e. The van der Waals surface area contributed by atoms with E-state index in [1.54, 1.807) is 0 Å². The molecule has 3 heterocycles. The minimum atomic E-state index is -0.215. The zero-order valence-electron chi connectivity index (χ0n) is 21.1. The van der Waals surface area contributed by atoms with Crippen molar-refractivity contribution in [3.05, 3.63) is 36.0 Å². The molecule has 36 heavy (non-hydrogen) atoms. The van der Waals surface area contributed by atoms with Crippen molar-refractivity contribution in [3.8, 4) is 11.3 Å². The summed E-state index contributed by atoms with van der Waals surface area (Å²) in [5.41, 5.74) is 4.14. The Morgan fingerprint density at radius 2 is 1.78 bits per heavy atom. The SMILES string of the molecule is CN1CCN(Cc2ccc(-c3nn(C4CCC(O)CC4)c4nc(NC5CC5CO)ncc34)cc2)CC1. The Labute approximate surface area is 212 Å². The van der Waals surface area contributed by atoms with Crippen molar-refractivity contribution in [1.29, 1.82) is 0 Å². The standard InChI is InChI=1S/C27H37N7O2/c1-32-10-12-33(13-11-32)16-18-2-4-19(5-3-18)25-23-15-28-27(29-24-14-20(24)17-35)30-26(23)34(31-25)21-6-8-22(36)9-7-21/h2-5,15,20-22,24,35-36H,6-14,16-17H2,1H3,(H,28,29,30). The van der Waals surface area contributed by atoms with Gasteiger partial charge in [0.2, 0.25) is 5.95 Å². The third-order valence-electron chi connectivity index (χ3n) is 8.16. The van der Waals surface area contributed by atoms with Crippen LogP contribution in [0.25, 0.3) is 22.3 Å². The molecule has 9 heteroatoms. The van der Waals surface area contributed by atoms with Crippen LogP contribution >= 0.6 is 0 Å². The summed E-state index contributed by atoms with van der Waals surface area (Å²) >= 11 is 0. The molecule has 1 saturated heterocycles. The van der Waals surface area contributed by atoms with Crippen LogP contribution in [0.3, 0.4) is 0 Å². The van der Waals surface area contributed by atoms with Crippen LogP contribution in [0.2, 0.25) is 0 Å². The second-order valence-electron chi connectivity index (χ2n) is 10.9. The number of likely N-dealkylation sites (N-methyl/N-ethyl adjacent to an activating group) is 1. The summed E-state index contributed by atoms with van der Waals surface area (Å²) in [7, 11) is 2.19. The number of fused-ring (bicyclic) bond motifs is 1. The van der Waals surface area contributed by atoms with Gasteiger partial charge in [-0.05, 0) is 44.7 Å². The summed E-state index contributed by atoms with van der Waals surface area (Å²) in [5, 5.41) is 28.8. The summed E-state index contributed by atoms with van der Waals surface area (Å²) in [5.74, 6) is 0.878. The average Bonchev–Trinajstić information content (AvgIpc) is 3.55. The molecule has 2 saturated carbocycles. The minimum Gasteiger partial charge on any atom is -0.396 e. The molecule has 2 aromatic heterocycles. The molecule has 3 aliphatic rings. The highest BCUT2D eigenvalue weighted by atomic mass is 16.3. The van der Waals surface area contributed by atoms with E-state index in [1.807, 2.05) is 6.20 Å². The second kappa shape index (κ2) is 10.0. The summed E-state index contributed by atoms with van der Waals surface area (Å²) in [6.07, 6.45) is 5.98. The van der Waals surface area contributed by atoms with Crippen molar-refractivity contribution in [2.75, 3.05) is 45.2 Å². The van der Waals surface area contributed by atoms with E-state index in [0.29, 0.717) is 5.95 Å². The van der Waals surface area contributed by atoms with E-state index in [4.69, 9.17) is 10.1 Å². The molecule has 2 atom stereocenters. The van der Waals surface area contributed by atoms with Gasteiger partial charge < -0.3 is 20.4 Å². The predicted octanol–water partition coefficient (Wildman–Crippen LogP) is 2.51. The van der Waals surface area contributed by atoms with E-state index in [1.165, 1.54) is 5.56 Å². The molecule has 0 bridgehead atoms. The zero-order valence-corrected chi connectivity index (χ0v) is 21.1.